The van der Waals surface area contributed by atoms with Crippen molar-refractivity contribution in [3.63, 3.8) is 0 Å². The molecule has 18 heavy (non-hydrogen) atoms. The molecule has 1 unspecified atom stereocenters. The maximum absolute atomic E-state index is 11.6. The van der Waals surface area contributed by atoms with Gasteiger partial charge in [0.05, 0.1) is 6.61 Å². The summed E-state index contributed by atoms with van der Waals surface area (Å²) in [7, 11) is 0. The minimum Gasteiger partial charge on any atom is -0.393 e. The van der Waals surface area contributed by atoms with Gasteiger partial charge in [-0.05, 0) is 31.4 Å². The second-order valence-electron chi connectivity index (χ2n) is 4.86. The summed E-state index contributed by atoms with van der Waals surface area (Å²) in [5.74, 6) is -0.119. The normalized spacial score (nSPS) is 14.0. The molecule has 0 aliphatic rings. The Balaban J connectivity index is 2.36. The molecule has 1 rings (SSSR count). The van der Waals surface area contributed by atoms with Crippen molar-refractivity contribution >= 4 is 5.91 Å². The molecule has 1 atom stereocenters. The first-order chi connectivity index (χ1) is 8.44. The Kier molecular flexibility index (Phi) is 5.31. The van der Waals surface area contributed by atoms with Crippen molar-refractivity contribution in [3.8, 4) is 0 Å². The summed E-state index contributed by atoms with van der Waals surface area (Å²) in [6, 6.07) is 7.95. The summed E-state index contributed by atoms with van der Waals surface area (Å²) < 4.78 is 0. The molecule has 1 aromatic rings. The standard InChI is InChI=1S/C14H21NO3/c1-11-5-3-4-6-12(11)7-8-13(17)15-9-14(2,18)10-16/h3-6,16,18H,7-10H2,1-2H3,(H,15,17). The quantitative estimate of drug-likeness (QED) is 0.700. The molecule has 0 spiro atoms. The topological polar surface area (TPSA) is 69.6 Å². The number of aryl methyl sites for hydroxylation is 2. The predicted octanol–water partition coefficient (Wildman–Crippen LogP) is 0.787. The van der Waals surface area contributed by atoms with Gasteiger partial charge in [-0.25, -0.2) is 0 Å². The molecule has 4 nitrogen and oxygen atoms in total. The second kappa shape index (κ2) is 6.52. The molecule has 4 heteroatoms. The van der Waals surface area contributed by atoms with E-state index in [1.807, 2.05) is 31.2 Å². The summed E-state index contributed by atoms with van der Waals surface area (Å²) in [5.41, 5.74) is 1.08. The van der Waals surface area contributed by atoms with Gasteiger partial charge in [0, 0.05) is 13.0 Å². The Morgan fingerprint density at radius 2 is 2.06 bits per heavy atom. The fourth-order valence-corrected chi connectivity index (χ4v) is 1.57. The molecule has 100 valence electrons. The van der Waals surface area contributed by atoms with Crippen LogP contribution in [0.5, 0.6) is 0 Å². The number of carbonyl (C=O) groups is 1. The molecule has 0 bridgehead atoms. The van der Waals surface area contributed by atoms with Crippen LogP contribution in [0.2, 0.25) is 0 Å². The van der Waals surface area contributed by atoms with Gasteiger partial charge in [0.1, 0.15) is 5.60 Å². The van der Waals surface area contributed by atoms with E-state index in [-0.39, 0.29) is 19.1 Å². The number of aliphatic hydroxyl groups excluding tert-OH is 1. The summed E-state index contributed by atoms with van der Waals surface area (Å²) in [6.45, 7) is 3.19. The van der Waals surface area contributed by atoms with Crippen molar-refractivity contribution in [1.29, 1.82) is 0 Å². The number of aliphatic hydroxyl groups is 2. The van der Waals surface area contributed by atoms with E-state index in [1.165, 1.54) is 12.5 Å². The van der Waals surface area contributed by atoms with Crippen LogP contribution >= 0.6 is 0 Å². The summed E-state index contributed by atoms with van der Waals surface area (Å²) in [5, 5.41) is 21.0. The number of carbonyl (C=O) groups excluding carboxylic acids is 1. The van der Waals surface area contributed by atoms with Crippen molar-refractivity contribution in [3.05, 3.63) is 35.4 Å². The zero-order valence-corrected chi connectivity index (χ0v) is 10.9. The Labute approximate surface area is 108 Å². The summed E-state index contributed by atoms with van der Waals surface area (Å²) in [4.78, 5) is 11.6. The molecule has 0 heterocycles. The smallest absolute Gasteiger partial charge is 0.220 e. The molecule has 1 aromatic carbocycles. The van der Waals surface area contributed by atoms with Gasteiger partial charge in [-0.1, -0.05) is 24.3 Å². The molecule has 3 N–H and O–H groups in total. The SMILES string of the molecule is Cc1ccccc1CCC(=O)NCC(C)(O)CO. The van der Waals surface area contributed by atoms with E-state index in [0.29, 0.717) is 12.8 Å². The third kappa shape index (κ3) is 4.85. The van der Waals surface area contributed by atoms with Gasteiger partial charge in [-0.15, -0.1) is 0 Å². The maximum Gasteiger partial charge on any atom is 0.220 e. The zero-order chi connectivity index (χ0) is 13.6. The predicted molar refractivity (Wildman–Crippen MR) is 70.2 cm³/mol. The van der Waals surface area contributed by atoms with Gasteiger partial charge in [0.15, 0.2) is 0 Å². The van der Waals surface area contributed by atoms with Crippen molar-refractivity contribution in [1.82, 2.24) is 5.32 Å². The fourth-order valence-electron chi connectivity index (χ4n) is 1.57. The Morgan fingerprint density at radius 3 is 2.67 bits per heavy atom. The average Bonchev–Trinajstić information content (AvgIpc) is 2.35. The van der Waals surface area contributed by atoms with Gasteiger partial charge < -0.3 is 15.5 Å². The second-order valence-corrected chi connectivity index (χ2v) is 4.86. The number of benzene rings is 1. The molecule has 0 radical (unpaired) electrons. The minimum atomic E-state index is -1.25. The highest BCUT2D eigenvalue weighted by Gasteiger charge is 2.19. The highest BCUT2D eigenvalue weighted by atomic mass is 16.3. The van der Waals surface area contributed by atoms with Crippen LogP contribution in [-0.2, 0) is 11.2 Å². The van der Waals surface area contributed by atoms with Crippen LogP contribution in [0.25, 0.3) is 0 Å². The molecule has 0 aliphatic carbocycles. The molecule has 0 saturated carbocycles. The van der Waals surface area contributed by atoms with Gasteiger partial charge >= 0.3 is 0 Å². The number of hydrogen-bond donors (Lipinski definition) is 3. The molecular formula is C14H21NO3. The van der Waals surface area contributed by atoms with Crippen LogP contribution in [0, 0.1) is 6.92 Å². The van der Waals surface area contributed by atoms with E-state index in [0.717, 1.165) is 5.56 Å². The fraction of sp³-hybridized carbons (Fsp3) is 0.500. The minimum absolute atomic E-state index is 0.0656. The molecule has 0 saturated heterocycles. The lowest BCUT2D eigenvalue weighted by atomic mass is 10.0. The largest absolute Gasteiger partial charge is 0.393 e. The molecule has 0 aliphatic heterocycles. The highest BCUT2D eigenvalue weighted by Crippen LogP contribution is 2.09. The maximum atomic E-state index is 11.6. The van der Waals surface area contributed by atoms with Crippen LogP contribution < -0.4 is 5.32 Å². The van der Waals surface area contributed by atoms with Gasteiger partial charge in [0.25, 0.3) is 0 Å². The number of rotatable bonds is 6. The third-order valence-electron chi connectivity index (χ3n) is 2.89. The van der Waals surface area contributed by atoms with Crippen LogP contribution in [-0.4, -0.2) is 34.9 Å². The first-order valence-electron chi connectivity index (χ1n) is 6.09. The van der Waals surface area contributed by atoms with E-state index >= 15 is 0 Å². The highest BCUT2D eigenvalue weighted by molar-refractivity contribution is 5.76. The molecule has 1 amide bonds. The van der Waals surface area contributed by atoms with Crippen molar-refractivity contribution in [2.75, 3.05) is 13.2 Å². The molecular weight excluding hydrogens is 230 g/mol. The van der Waals surface area contributed by atoms with Crippen LogP contribution in [0.1, 0.15) is 24.5 Å². The van der Waals surface area contributed by atoms with Crippen LogP contribution in [0.3, 0.4) is 0 Å². The lowest BCUT2D eigenvalue weighted by molar-refractivity contribution is -0.122. The number of nitrogens with one attached hydrogen (secondary N) is 1. The number of amides is 1. The summed E-state index contributed by atoms with van der Waals surface area (Å²) in [6.07, 6.45) is 1.06. The Bertz CT molecular complexity index is 402. The number of hydrogen-bond acceptors (Lipinski definition) is 3. The van der Waals surface area contributed by atoms with E-state index in [9.17, 15) is 9.90 Å². The Hall–Kier alpha value is -1.39. The van der Waals surface area contributed by atoms with E-state index in [1.54, 1.807) is 0 Å². The van der Waals surface area contributed by atoms with Crippen molar-refractivity contribution < 1.29 is 15.0 Å². The van der Waals surface area contributed by atoms with Crippen molar-refractivity contribution in [2.45, 2.75) is 32.3 Å². The lowest BCUT2D eigenvalue weighted by Gasteiger charge is -2.20. The van der Waals surface area contributed by atoms with E-state index in [2.05, 4.69) is 5.32 Å². The Morgan fingerprint density at radius 1 is 1.39 bits per heavy atom. The van der Waals surface area contributed by atoms with Gasteiger partial charge in [0.2, 0.25) is 5.91 Å². The third-order valence-corrected chi connectivity index (χ3v) is 2.89. The first-order valence-corrected chi connectivity index (χ1v) is 6.09. The molecule has 0 aromatic heterocycles. The van der Waals surface area contributed by atoms with E-state index < -0.39 is 5.60 Å². The van der Waals surface area contributed by atoms with Crippen LogP contribution in [0.4, 0.5) is 0 Å². The lowest BCUT2D eigenvalue weighted by Crippen LogP contribution is -2.43. The van der Waals surface area contributed by atoms with Gasteiger partial charge in [-0.3, -0.25) is 4.79 Å². The first kappa shape index (κ1) is 14.7. The molecule has 0 fully saturated rings. The summed E-state index contributed by atoms with van der Waals surface area (Å²) >= 11 is 0. The van der Waals surface area contributed by atoms with Crippen LogP contribution in [0.15, 0.2) is 24.3 Å². The monoisotopic (exact) mass is 251 g/mol. The van der Waals surface area contributed by atoms with E-state index in [4.69, 9.17) is 5.11 Å². The van der Waals surface area contributed by atoms with Gasteiger partial charge in [-0.2, -0.15) is 0 Å². The average molecular weight is 251 g/mol. The zero-order valence-electron chi connectivity index (χ0n) is 10.9. The van der Waals surface area contributed by atoms with Crippen molar-refractivity contribution in [2.24, 2.45) is 0 Å².